The molecule has 0 spiro atoms. The Hall–Kier alpha value is -2.30. The highest BCUT2D eigenvalue weighted by Gasteiger charge is 2.23. The lowest BCUT2D eigenvalue weighted by atomic mass is 10.2. The monoisotopic (exact) mass is 438 g/mol. The molecule has 1 aromatic heterocycles. The van der Waals surface area contributed by atoms with Crippen LogP contribution in [-0.4, -0.2) is 73.4 Å². The van der Waals surface area contributed by atoms with Gasteiger partial charge in [0.1, 0.15) is 5.82 Å². The van der Waals surface area contributed by atoms with Crippen LogP contribution in [0.5, 0.6) is 0 Å². The molecule has 1 aromatic carbocycles. The number of rotatable bonds is 8. The molecule has 2 aromatic rings. The quantitative estimate of drug-likeness (QED) is 0.625. The summed E-state index contributed by atoms with van der Waals surface area (Å²) in [5.74, 6) is 0.355. The fourth-order valence-electron chi connectivity index (χ4n) is 3.38. The van der Waals surface area contributed by atoms with Crippen molar-refractivity contribution < 1.29 is 22.1 Å². The maximum Gasteiger partial charge on any atom is 0.242 e. The lowest BCUT2D eigenvalue weighted by molar-refractivity contribution is -0.133. The number of carbonyl (C=O) groups is 1. The maximum atomic E-state index is 13.0. The first kappa shape index (κ1) is 22.4. The summed E-state index contributed by atoms with van der Waals surface area (Å²) in [6, 6.07) is 6.63. The van der Waals surface area contributed by atoms with Crippen molar-refractivity contribution in [1.29, 1.82) is 0 Å². The Balaban J connectivity index is 1.41. The molecule has 0 bridgehead atoms. The summed E-state index contributed by atoms with van der Waals surface area (Å²) in [6.07, 6.45) is 0.706. The van der Waals surface area contributed by atoms with Crippen molar-refractivity contribution in [3.05, 3.63) is 47.6 Å². The molecule has 3 rings (SSSR count). The van der Waals surface area contributed by atoms with Gasteiger partial charge >= 0.3 is 0 Å². The van der Waals surface area contributed by atoms with Crippen molar-refractivity contribution >= 4 is 15.9 Å². The number of halogens is 1. The van der Waals surface area contributed by atoms with E-state index in [-0.39, 0.29) is 23.8 Å². The minimum atomic E-state index is -3.69. The van der Waals surface area contributed by atoms with E-state index in [9.17, 15) is 17.6 Å². The van der Waals surface area contributed by atoms with E-state index < -0.39 is 15.8 Å². The lowest BCUT2D eigenvalue weighted by Gasteiger charge is -2.34. The summed E-state index contributed by atoms with van der Waals surface area (Å²) in [5.41, 5.74) is 0.852. The van der Waals surface area contributed by atoms with Crippen LogP contribution in [0.4, 0.5) is 4.39 Å². The maximum absolute atomic E-state index is 13.0. The number of amides is 1. The van der Waals surface area contributed by atoms with Crippen LogP contribution in [0.1, 0.15) is 24.3 Å². The number of carbonyl (C=O) groups excluding carboxylic acids is 1. The number of aromatic nitrogens is 1. The SMILES string of the molecule is Cc1cc(CN2CCN(C(=O)CCCN(C)S(=O)(=O)c3ccc(F)cc3)CC2)on1. The van der Waals surface area contributed by atoms with Crippen LogP contribution >= 0.6 is 0 Å². The Morgan fingerprint density at radius 3 is 2.47 bits per heavy atom. The number of benzene rings is 1. The zero-order valence-electron chi connectivity index (χ0n) is 17.3. The van der Waals surface area contributed by atoms with Gasteiger partial charge in [0, 0.05) is 52.3 Å². The number of nitrogens with zero attached hydrogens (tertiary/aromatic N) is 4. The Bertz CT molecular complexity index is 953. The predicted octanol–water partition coefficient (Wildman–Crippen LogP) is 1.87. The standard InChI is InChI=1S/C20H27FN4O4S/c1-16-14-18(29-22-16)15-24-10-12-25(13-11-24)20(26)4-3-9-23(2)30(27,28)19-7-5-17(21)6-8-19/h5-8,14H,3-4,9-13,15H2,1-2H3. The third-order valence-corrected chi connectivity index (χ3v) is 7.04. The van der Waals surface area contributed by atoms with E-state index in [0.29, 0.717) is 26.1 Å². The van der Waals surface area contributed by atoms with Gasteiger partial charge in [-0.25, -0.2) is 17.1 Å². The first-order chi connectivity index (χ1) is 14.3. The van der Waals surface area contributed by atoms with Gasteiger partial charge in [-0.1, -0.05) is 5.16 Å². The molecule has 1 amide bonds. The minimum Gasteiger partial charge on any atom is -0.360 e. The van der Waals surface area contributed by atoms with Crippen LogP contribution in [0.2, 0.25) is 0 Å². The molecule has 0 unspecified atom stereocenters. The van der Waals surface area contributed by atoms with Crippen molar-refractivity contribution in [2.75, 3.05) is 39.8 Å². The van der Waals surface area contributed by atoms with E-state index in [1.165, 1.54) is 23.5 Å². The van der Waals surface area contributed by atoms with Crippen LogP contribution in [0, 0.1) is 12.7 Å². The largest absolute Gasteiger partial charge is 0.360 e. The second-order valence-electron chi connectivity index (χ2n) is 7.48. The fraction of sp³-hybridized carbons (Fsp3) is 0.500. The fourth-order valence-corrected chi connectivity index (χ4v) is 4.59. The number of piperazine rings is 1. The molecule has 1 fully saturated rings. The van der Waals surface area contributed by atoms with Crippen LogP contribution in [0.15, 0.2) is 39.8 Å². The molecular formula is C20H27FN4O4S. The molecule has 0 aliphatic carbocycles. The summed E-state index contributed by atoms with van der Waals surface area (Å²) in [5, 5.41) is 3.88. The molecule has 1 aliphatic heterocycles. The number of hydrogen-bond acceptors (Lipinski definition) is 6. The van der Waals surface area contributed by atoms with Crippen molar-refractivity contribution in [2.45, 2.75) is 31.2 Å². The second-order valence-corrected chi connectivity index (χ2v) is 9.52. The second kappa shape index (κ2) is 9.67. The molecule has 8 nitrogen and oxygen atoms in total. The summed E-state index contributed by atoms with van der Waals surface area (Å²) in [6.45, 7) is 5.55. The van der Waals surface area contributed by atoms with E-state index in [4.69, 9.17) is 4.52 Å². The summed E-state index contributed by atoms with van der Waals surface area (Å²) < 4.78 is 44.5. The Morgan fingerprint density at radius 2 is 1.87 bits per heavy atom. The number of aryl methyl sites for hydroxylation is 1. The van der Waals surface area contributed by atoms with Gasteiger partial charge in [-0.2, -0.15) is 0 Å². The number of sulfonamides is 1. The molecule has 164 valence electrons. The van der Waals surface area contributed by atoms with Crippen LogP contribution in [0.25, 0.3) is 0 Å². The lowest BCUT2D eigenvalue weighted by Crippen LogP contribution is -2.48. The molecule has 1 saturated heterocycles. The highest BCUT2D eigenvalue weighted by atomic mass is 32.2. The third kappa shape index (κ3) is 5.65. The molecule has 0 N–H and O–H groups in total. The van der Waals surface area contributed by atoms with Gasteiger partial charge in [0.2, 0.25) is 15.9 Å². The molecule has 0 saturated carbocycles. The summed E-state index contributed by atoms with van der Waals surface area (Å²) in [7, 11) is -2.23. The summed E-state index contributed by atoms with van der Waals surface area (Å²) >= 11 is 0. The van der Waals surface area contributed by atoms with Gasteiger partial charge in [-0.3, -0.25) is 9.69 Å². The molecule has 2 heterocycles. The zero-order valence-corrected chi connectivity index (χ0v) is 18.1. The average molecular weight is 439 g/mol. The number of hydrogen-bond donors (Lipinski definition) is 0. The molecular weight excluding hydrogens is 411 g/mol. The molecule has 30 heavy (non-hydrogen) atoms. The van der Waals surface area contributed by atoms with Crippen molar-refractivity contribution in [2.24, 2.45) is 0 Å². The van der Waals surface area contributed by atoms with Crippen LogP contribution in [0.3, 0.4) is 0 Å². The zero-order chi connectivity index (χ0) is 21.7. The Labute approximate surface area is 176 Å². The molecule has 1 aliphatic rings. The molecule has 10 heteroatoms. The predicted molar refractivity (Wildman–Crippen MR) is 109 cm³/mol. The highest BCUT2D eigenvalue weighted by Crippen LogP contribution is 2.16. The van der Waals surface area contributed by atoms with Crippen LogP contribution < -0.4 is 0 Å². The Morgan fingerprint density at radius 1 is 1.20 bits per heavy atom. The molecule has 0 atom stereocenters. The van der Waals surface area contributed by atoms with E-state index in [1.807, 2.05) is 17.9 Å². The highest BCUT2D eigenvalue weighted by molar-refractivity contribution is 7.89. The van der Waals surface area contributed by atoms with Crippen molar-refractivity contribution in [3.8, 4) is 0 Å². The van der Waals surface area contributed by atoms with E-state index in [2.05, 4.69) is 10.1 Å². The average Bonchev–Trinajstić information content (AvgIpc) is 3.13. The topological polar surface area (TPSA) is 87.0 Å². The normalized spacial score (nSPS) is 15.7. The van der Waals surface area contributed by atoms with Gasteiger partial charge in [-0.15, -0.1) is 0 Å². The van der Waals surface area contributed by atoms with E-state index >= 15 is 0 Å². The van der Waals surface area contributed by atoms with Gasteiger partial charge in [-0.05, 0) is 37.6 Å². The minimum absolute atomic E-state index is 0.0257. The summed E-state index contributed by atoms with van der Waals surface area (Å²) in [4.78, 5) is 16.5. The first-order valence-electron chi connectivity index (χ1n) is 9.90. The molecule has 0 radical (unpaired) electrons. The van der Waals surface area contributed by atoms with Gasteiger partial charge in [0.05, 0.1) is 17.1 Å². The Kier molecular flexibility index (Phi) is 7.22. The van der Waals surface area contributed by atoms with E-state index in [0.717, 1.165) is 36.7 Å². The van der Waals surface area contributed by atoms with Gasteiger partial charge < -0.3 is 9.42 Å². The smallest absolute Gasteiger partial charge is 0.242 e. The first-order valence-corrected chi connectivity index (χ1v) is 11.3. The van der Waals surface area contributed by atoms with Crippen molar-refractivity contribution in [1.82, 2.24) is 19.3 Å². The van der Waals surface area contributed by atoms with E-state index in [1.54, 1.807) is 0 Å². The third-order valence-electron chi connectivity index (χ3n) is 5.17. The van der Waals surface area contributed by atoms with Gasteiger partial charge in [0.15, 0.2) is 5.76 Å². The van der Waals surface area contributed by atoms with Gasteiger partial charge in [0.25, 0.3) is 0 Å². The van der Waals surface area contributed by atoms with Crippen LogP contribution in [-0.2, 0) is 21.4 Å². The van der Waals surface area contributed by atoms with Crippen molar-refractivity contribution in [3.63, 3.8) is 0 Å².